The zero-order valence-electron chi connectivity index (χ0n) is 16.4. The molecule has 0 radical (unpaired) electrons. The number of anilines is 2. The van der Waals surface area contributed by atoms with E-state index in [1.54, 1.807) is 42.5 Å². The van der Waals surface area contributed by atoms with Crippen molar-refractivity contribution in [1.82, 2.24) is 0 Å². The molecule has 6 nitrogen and oxygen atoms in total. The molecule has 3 aromatic carbocycles. The third-order valence-corrected chi connectivity index (χ3v) is 6.01. The van der Waals surface area contributed by atoms with Gasteiger partial charge in [-0.05, 0) is 66.7 Å². The summed E-state index contributed by atoms with van der Waals surface area (Å²) in [5, 5.41) is 3.24. The number of hydrogen-bond donors (Lipinski definition) is 1. The number of ether oxygens (including phenoxy) is 1. The summed E-state index contributed by atoms with van der Waals surface area (Å²) in [6.07, 6.45) is 0. The fraction of sp³-hybridized carbons (Fsp3) is 0. The van der Waals surface area contributed by atoms with Gasteiger partial charge in [0.05, 0.1) is 16.3 Å². The van der Waals surface area contributed by atoms with E-state index in [2.05, 4.69) is 21.2 Å². The summed E-state index contributed by atoms with van der Waals surface area (Å²) in [6.45, 7) is 0. The zero-order chi connectivity index (χ0) is 23.7. The van der Waals surface area contributed by atoms with Crippen molar-refractivity contribution in [3.8, 4) is 5.75 Å². The van der Waals surface area contributed by atoms with Gasteiger partial charge in [0, 0.05) is 15.2 Å². The van der Waals surface area contributed by atoms with Gasteiger partial charge < -0.3 is 10.1 Å². The van der Waals surface area contributed by atoms with E-state index in [0.29, 0.717) is 16.4 Å². The lowest BCUT2D eigenvalue weighted by Gasteiger charge is -2.15. The number of rotatable bonds is 5. The zero-order valence-corrected chi connectivity index (χ0v) is 20.3. The van der Waals surface area contributed by atoms with Crippen LogP contribution in [0.15, 0.2) is 81.9 Å². The van der Waals surface area contributed by atoms with E-state index < -0.39 is 17.8 Å². The average Bonchev–Trinajstić information content (AvgIpc) is 3.00. The van der Waals surface area contributed by atoms with Gasteiger partial charge >= 0.3 is 5.97 Å². The summed E-state index contributed by atoms with van der Waals surface area (Å²) in [5.41, 5.74) is 1.02. The molecular weight excluding hydrogens is 555 g/mol. The predicted molar refractivity (Wildman–Crippen MR) is 131 cm³/mol. The first kappa shape index (κ1) is 23.3. The summed E-state index contributed by atoms with van der Waals surface area (Å²) in [6, 6.07) is 17.3. The van der Waals surface area contributed by atoms with Gasteiger partial charge in [0.25, 0.3) is 11.8 Å². The van der Waals surface area contributed by atoms with Crippen LogP contribution in [0.5, 0.6) is 5.75 Å². The van der Waals surface area contributed by atoms with Crippen LogP contribution in [-0.2, 0) is 9.59 Å². The van der Waals surface area contributed by atoms with Gasteiger partial charge in [-0.1, -0.05) is 50.7 Å². The largest absolute Gasteiger partial charge is 0.421 e. The minimum absolute atomic E-state index is 0.0622. The van der Waals surface area contributed by atoms with Crippen molar-refractivity contribution in [3.05, 3.63) is 97.5 Å². The molecule has 166 valence electrons. The molecule has 1 aliphatic heterocycles. The Bertz CT molecular complexity index is 1310. The molecule has 0 atom stereocenters. The molecule has 10 heteroatoms. The van der Waals surface area contributed by atoms with Crippen LogP contribution in [0.4, 0.5) is 11.4 Å². The molecule has 4 rings (SSSR count). The molecule has 0 spiro atoms. The van der Waals surface area contributed by atoms with Crippen LogP contribution in [0.2, 0.25) is 10.0 Å². The van der Waals surface area contributed by atoms with E-state index in [1.165, 1.54) is 24.3 Å². The van der Waals surface area contributed by atoms with Crippen molar-refractivity contribution < 1.29 is 19.1 Å². The summed E-state index contributed by atoms with van der Waals surface area (Å²) < 4.78 is 6.10. The van der Waals surface area contributed by atoms with Crippen molar-refractivity contribution in [2.45, 2.75) is 0 Å². The van der Waals surface area contributed by atoms with E-state index in [-0.39, 0.29) is 27.1 Å². The highest BCUT2D eigenvalue weighted by atomic mass is 79.9. The summed E-state index contributed by atoms with van der Waals surface area (Å²) in [5.74, 6) is -1.68. The molecule has 0 saturated heterocycles. The fourth-order valence-corrected chi connectivity index (χ4v) is 3.91. The fourth-order valence-electron chi connectivity index (χ4n) is 2.99. The number of halogens is 4. The Kier molecular flexibility index (Phi) is 6.76. The first-order chi connectivity index (χ1) is 15.7. The first-order valence-electron chi connectivity index (χ1n) is 9.33. The Hall–Kier alpha value is -2.84. The number of hydrogen-bond acceptors (Lipinski definition) is 5. The summed E-state index contributed by atoms with van der Waals surface area (Å²) >= 11 is 21.3. The van der Waals surface area contributed by atoms with Gasteiger partial charge in [0.2, 0.25) is 0 Å². The van der Waals surface area contributed by atoms with E-state index in [1.807, 2.05) is 0 Å². The SMILES string of the molecule is O=C(Oc1ccc(Cl)cc1Cl)c1ccc(NC2=C(Cl)C(=O)N(c3ccc(Br)cc3)C2=O)cc1. The predicted octanol–water partition coefficient (Wildman–Crippen LogP) is 6.41. The van der Waals surface area contributed by atoms with Crippen LogP contribution >= 0.6 is 50.7 Å². The number of amides is 2. The molecule has 33 heavy (non-hydrogen) atoms. The Labute approximate surface area is 211 Å². The molecule has 0 unspecified atom stereocenters. The van der Waals surface area contributed by atoms with Crippen LogP contribution in [0, 0.1) is 0 Å². The molecule has 0 fully saturated rings. The van der Waals surface area contributed by atoms with Gasteiger partial charge in [0.1, 0.15) is 16.5 Å². The van der Waals surface area contributed by atoms with Crippen molar-refractivity contribution in [2.24, 2.45) is 0 Å². The van der Waals surface area contributed by atoms with Gasteiger partial charge in [-0.25, -0.2) is 9.69 Å². The summed E-state index contributed by atoms with van der Waals surface area (Å²) in [4.78, 5) is 38.8. The number of esters is 1. The topological polar surface area (TPSA) is 75.7 Å². The normalized spacial score (nSPS) is 13.5. The van der Waals surface area contributed by atoms with E-state index in [0.717, 1.165) is 9.37 Å². The number of carbonyl (C=O) groups excluding carboxylic acids is 3. The number of benzene rings is 3. The second kappa shape index (κ2) is 9.57. The van der Waals surface area contributed by atoms with E-state index in [4.69, 9.17) is 39.5 Å². The minimum Gasteiger partial charge on any atom is -0.421 e. The maximum atomic E-state index is 12.8. The maximum Gasteiger partial charge on any atom is 0.343 e. The molecular formula is C23H12BrCl3N2O4. The van der Waals surface area contributed by atoms with E-state index in [9.17, 15) is 14.4 Å². The summed E-state index contributed by atoms with van der Waals surface area (Å²) in [7, 11) is 0. The minimum atomic E-state index is -0.633. The standard InChI is InChI=1S/C23H12BrCl3N2O4/c24-13-3-8-16(9-4-13)29-21(30)19(27)20(22(29)31)28-15-6-1-12(2-7-15)23(32)33-18-10-5-14(25)11-17(18)26/h1-11,28H. The molecule has 0 bridgehead atoms. The van der Waals surface area contributed by atoms with Crippen molar-refractivity contribution in [2.75, 3.05) is 10.2 Å². The monoisotopic (exact) mass is 564 g/mol. The molecule has 3 aromatic rings. The lowest BCUT2D eigenvalue weighted by Crippen LogP contribution is -2.32. The Morgan fingerprint density at radius 3 is 2.18 bits per heavy atom. The quantitative estimate of drug-likeness (QED) is 0.219. The van der Waals surface area contributed by atoms with Gasteiger partial charge in [-0.3, -0.25) is 9.59 Å². The molecule has 1 heterocycles. The third kappa shape index (κ3) is 4.91. The van der Waals surface area contributed by atoms with E-state index >= 15 is 0 Å². The first-order valence-corrected chi connectivity index (χ1v) is 11.3. The average molecular weight is 567 g/mol. The van der Waals surface area contributed by atoms with Gasteiger partial charge in [-0.15, -0.1) is 0 Å². The molecule has 2 amide bonds. The van der Waals surface area contributed by atoms with Crippen LogP contribution in [0.1, 0.15) is 10.4 Å². The second-order valence-electron chi connectivity index (χ2n) is 6.78. The highest BCUT2D eigenvalue weighted by Crippen LogP contribution is 2.31. The van der Waals surface area contributed by atoms with Crippen LogP contribution in [0.25, 0.3) is 0 Å². The van der Waals surface area contributed by atoms with Crippen LogP contribution in [-0.4, -0.2) is 17.8 Å². The number of nitrogens with zero attached hydrogens (tertiary/aromatic N) is 1. The number of imide groups is 1. The van der Waals surface area contributed by atoms with Crippen molar-refractivity contribution in [1.29, 1.82) is 0 Å². The molecule has 1 N–H and O–H groups in total. The molecule has 0 aliphatic carbocycles. The molecule has 0 aromatic heterocycles. The van der Waals surface area contributed by atoms with Crippen LogP contribution in [0.3, 0.4) is 0 Å². The Morgan fingerprint density at radius 1 is 0.879 bits per heavy atom. The number of nitrogens with one attached hydrogen (secondary N) is 1. The highest BCUT2D eigenvalue weighted by Gasteiger charge is 2.38. The Morgan fingerprint density at radius 2 is 1.55 bits per heavy atom. The van der Waals surface area contributed by atoms with Gasteiger partial charge in [0.15, 0.2) is 0 Å². The maximum absolute atomic E-state index is 12.8. The Balaban J connectivity index is 1.48. The van der Waals surface area contributed by atoms with Crippen LogP contribution < -0.4 is 15.0 Å². The lowest BCUT2D eigenvalue weighted by atomic mass is 10.2. The molecule has 1 aliphatic rings. The van der Waals surface area contributed by atoms with Crippen molar-refractivity contribution in [3.63, 3.8) is 0 Å². The lowest BCUT2D eigenvalue weighted by molar-refractivity contribution is -0.120. The second-order valence-corrected chi connectivity index (χ2v) is 8.92. The third-order valence-electron chi connectivity index (χ3n) is 4.60. The molecule has 0 saturated carbocycles. The smallest absolute Gasteiger partial charge is 0.343 e. The highest BCUT2D eigenvalue weighted by molar-refractivity contribution is 9.10. The van der Waals surface area contributed by atoms with Crippen molar-refractivity contribution >= 4 is 79.9 Å². The number of carbonyl (C=O) groups is 3. The van der Waals surface area contributed by atoms with Gasteiger partial charge in [-0.2, -0.15) is 0 Å².